The fraction of sp³-hybridized carbons (Fsp3) is 0.750. The number of aromatic nitrogens is 2. The summed E-state index contributed by atoms with van der Waals surface area (Å²) < 4.78 is 1.88. The first kappa shape index (κ1) is 20.2. The molecule has 1 N–H and O–H groups in total. The molecule has 0 bridgehead atoms. The van der Waals surface area contributed by atoms with E-state index in [1.807, 2.05) is 28.1 Å². The van der Waals surface area contributed by atoms with Crippen LogP contribution in [0.15, 0.2) is 12.3 Å². The van der Waals surface area contributed by atoms with Crippen molar-refractivity contribution in [3.8, 4) is 0 Å². The highest BCUT2D eigenvalue weighted by molar-refractivity contribution is 7.99. The summed E-state index contributed by atoms with van der Waals surface area (Å²) >= 11 is 1.73. The van der Waals surface area contributed by atoms with Crippen LogP contribution in [0.3, 0.4) is 0 Å². The fourth-order valence-corrected chi connectivity index (χ4v) is 4.78. The van der Waals surface area contributed by atoms with Gasteiger partial charge < -0.3 is 10.2 Å². The van der Waals surface area contributed by atoms with Gasteiger partial charge in [-0.05, 0) is 51.9 Å². The second kappa shape index (κ2) is 8.25. The third-order valence-corrected chi connectivity index (χ3v) is 6.99. The summed E-state index contributed by atoms with van der Waals surface area (Å²) in [6, 6.07) is 2.35. The van der Waals surface area contributed by atoms with Crippen LogP contribution in [0.25, 0.3) is 0 Å². The molecule has 3 atom stereocenters. The van der Waals surface area contributed by atoms with Crippen molar-refractivity contribution in [2.45, 2.75) is 82.2 Å². The molecule has 1 aromatic rings. The lowest BCUT2D eigenvalue weighted by molar-refractivity contribution is -0.133. The second-order valence-electron chi connectivity index (χ2n) is 8.26. The molecule has 3 unspecified atom stereocenters. The number of hydrogen-bond acceptors (Lipinski definition) is 4. The summed E-state index contributed by atoms with van der Waals surface area (Å²) in [5.74, 6) is 0.248. The van der Waals surface area contributed by atoms with E-state index in [-0.39, 0.29) is 29.4 Å². The van der Waals surface area contributed by atoms with Crippen LogP contribution in [-0.4, -0.2) is 56.1 Å². The Morgan fingerprint density at radius 3 is 2.81 bits per heavy atom. The summed E-state index contributed by atoms with van der Waals surface area (Å²) in [5.41, 5.74) is 0.558. The molecule has 0 spiro atoms. The van der Waals surface area contributed by atoms with Crippen LogP contribution in [0, 0.1) is 0 Å². The molecule has 0 radical (unpaired) electrons. The number of carbonyl (C=O) groups is 2. The molecule has 27 heavy (non-hydrogen) atoms. The molecule has 1 aliphatic heterocycles. The van der Waals surface area contributed by atoms with Gasteiger partial charge in [0, 0.05) is 30.5 Å². The molecule has 1 aliphatic carbocycles. The molecule has 6 nitrogen and oxygen atoms in total. The van der Waals surface area contributed by atoms with Gasteiger partial charge in [0.1, 0.15) is 0 Å². The first-order valence-corrected chi connectivity index (χ1v) is 11.3. The summed E-state index contributed by atoms with van der Waals surface area (Å²) in [6.45, 7) is 6.99. The maximum absolute atomic E-state index is 12.7. The molecule has 2 amide bonds. The van der Waals surface area contributed by atoms with Gasteiger partial charge in [0.25, 0.3) is 0 Å². The quantitative estimate of drug-likeness (QED) is 0.775. The Labute approximate surface area is 166 Å². The highest BCUT2D eigenvalue weighted by atomic mass is 32.2. The molecule has 1 saturated heterocycles. The van der Waals surface area contributed by atoms with E-state index in [0.717, 1.165) is 37.9 Å². The maximum Gasteiger partial charge on any atom is 0.226 e. The highest BCUT2D eigenvalue weighted by Crippen LogP contribution is 2.42. The van der Waals surface area contributed by atoms with E-state index >= 15 is 0 Å². The van der Waals surface area contributed by atoms with Gasteiger partial charge in [-0.25, -0.2) is 0 Å². The van der Waals surface area contributed by atoms with Gasteiger partial charge in [-0.15, -0.1) is 0 Å². The van der Waals surface area contributed by atoms with Crippen molar-refractivity contribution in [3.05, 3.63) is 18.0 Å². The largest absolute Gasteiger partial charge is 0.348 e. The van der Waals surface area contributed by atoms with Crippen LogP contribution >= 0.6 is 11.8 Å². The minimum atomic E-state index is -0.240. The smallest absolute Gasteiger partial charge is 0.226 e. The van der Waals surface area contributed by atoms with Crippen LogP contribution in [0.4, 0.5) is 0 Å². The standard InChI is InChI=1S/C20H32N4O2S/c1-14(2)24-10-7-16(22-24)13-18(25)21-20-8-5-6-17(20)23(11-9-20)19(26)12-15(3)27-4/h7,10,14-15,17H,5-6,8-9,11-13H2,1-4H3,(H,21,25). The summed E-state index contributed by atoms with van der Waals surface area (Å²) in [5, 5.41) is 8.12. The van der Waals surface area contributed by atoms with Crippen molar-refractivity contribution in [2.24, 2.45) is 0 Å². The van der Waals surface area contributed by atoms with Crippen molar-refractivity contribution in [3.63, 3.8) is 0 Å². The molecule has 150 valence electrons. The Hall–Kier alpha value is -1.50. The number of likely N-dealkylation sites (tertiary alicyclic amines) is 1. The van der Waals surface area contributed by atoms with Gasteiger partial charge in [0.15, 0.2) is 0 Å². The van der Waals surface area contributed by atoms with Gasteiger partial charge in [0.05, 0.1) is 23.7 Å². The Kier molecular flexibility index (Phi) is 6.18. The molecule has 2 fully saturated rings. The predicted octanol–water partition coefficient (Wildman–Crippen LogP) is 2.79. The van der Waals surface area contributed by atoms with Crippen LogP contribution in [0.5, 0.6) is 0 Å². The molecular formula is C20H32N4O2S. The summed E-state index contributed by atoms with van der Waals surface area (Å²) in [6.07, 6.45) is 8.72. The number of nitrogens with zero attached hydrogens (tertiary/aromatic N) is 3. The van der Waals surface area contributed by atoms with Crippen molar-refractivity contribution < 1.29 is 9.59 Å². The van der Waals surface area contributed by atoms with Gasteiger partial charge in [0.2, 0.25) is 11.8 Å². The number of rotatable bonds is 7. The van der Waals surface area contributed by atoms with Crippen LogP contribution in [0.1, 0.15) is 64.6 Å². The summed E-state index contributed by atoms with van der Waals surface area (Å²) in [7, 11) is 0. The van der Waals surface area contributed by atoms with Crippen molar-refractivity contribution in [1.82, 2.24) is 20.0 Å². The maximum atomic E-state index is 12.7. The van der Waals surface area contributed by atoms with E-state index in [0.29, 0.717) is 18.1 Å². The SMILES string of the molecule is CSC(C)CC(=O)N1CCC2(NC(=O)Cc3ccn(C(C)C)n3)CCCC12. The summed E-state index contributed by atoms with van der Waals surface area (Å²) in [4.78, 5) is 27.5. The third-order valence-electron chi connectivity index (χ3n) is 6.02. The van der Waals surface area contributed by atoms with Crippen LogP contribution < -0.4 is 5.32 Å². The number of fused-ring (bicyclic) bond motifs is 1. The minimum absolute atomic E-state index is 0.0164. The molecular weight excluding hydrogens is 360 g/mol. The Balaban J connectivity index is 1.63. The Bertz CT molecular complexity index is 689. The molecule has 2 aliphatic rings. The van der Waals surface area contributed by atoms with Crippen LogP contribution in [0.2, 0.25) is 0 Å². The van der Waals surface area contributed by atoms with Gasteiger partial charge in [-0.2, -0.15) is 16.9 Å². The van der Waals surface area contributed by atoms with Crippen molar-refractivity contribution >= 4 is 23.6 Å². The van der Waals surface area contributed by atoms with E-state index in [4.69, 9.17) is 0 Å². The van der Waals surface area contributed by atoms with Crippen molar-refractivity contribution in [1.29, 1.82) is 0 Å². The molecule has 1 saturated carbocycles. The lowest BCUT2D eigenvalue weighted by atomic mass is 9.92. The average Bonchev–Trinajstić information content (AvgIpc) is 3.29. The highest BCUT2D eigenvalue weighted by Gasteiger charge is 2.52. The average molecular weight is 393 g/mol. The number of hydrogen-bond donors (Lipinski definition) is 1. The lowest BCUT2D eigenvalue weighted by Gasteiger charge is -2.33. The van der Waals surface area contributed by atoms with Gasteiger partial charge >= 0.3 is 0 Å². The second-order valence-corrected chi connectivity index (χ2v) is 9.53. The number of thioether (sulfide) groups is 1. The van der Waals surface area contributed by atoms with E-state index in [1.165, 1.54) is 0 Å². The zero-order valence-electron chi connectivity index (χ0n) is 16.9. The van der Waals surface area contributed by atoms with Gasteiger partial charge in [-0.1, -0.05) is 6.92 Å². The predicted molar refractivity (Wildman–Crippen MR) is 109 cm³/mol. The molecule has 7 heteroatoms. The van der Waals surface area contributed by atoms with E-state index in [2.05, 4.69) is 31.2 Å². The molecule has 1 aromatic heterocycles. The monoisotopic (exact) mass is 392 g/mol. The van der Waals surface area contributed by atoms with E-state index in [1.54, 1.807) is 11.8 Å². The number of carbonyl (C=O) groups excluding carboxylic acids is 2. The molecule has 3 rings (SSSR count). The number of nitrogens with one attached hydrogen (secondary N) is 1. The van der Waals surface area contributed by atoms with E-state index in [9.17, 15) is 9.59 Å². The lowest BCUT2D eigenvalue weighted by Crippen LogP contribution is -2.54. The zero-order valence-corrected chi connectivity index (χ0v) is 17.7. The molecule has 0 aromatic carbocycles. The van der Waals surface area contributed by atoms with Crippen molar-refractivity contribution in [2.75, 3.05) is 12.8 Å². The zero-order chi connectivity index (χ0) is 19.6. The Morgan fingerprint density at radius 1 is 1.37 bits per heavy atom. The Morgan fingerprint density at radius 2 is 2.15 bits per heavy atom. The number of amides is 2. The topological polar surface area (TPSA) is 67.2 Å². The van der Waals surface area contributed by atoms with Crippen LogP contribution in [-0.2, 0) is 16.0 Å². The van der Waals surface area contributed by atoms with Gasteiger partial charge in [-0.3, -0.25) is 14.3 Å². The van der Waals surface area contributed by atoms with E-state index < -0.39 is 0 Å². The first-order valence-electron chi connectivity index (χ1n) is 10.0. The molecule has 2 heterocycles. The first-order chi connectivity index (χ1) is 12.8. The normalized spacial score (nSPS) is 25.7. The fourth-order valence-electron chi connectivity index (χ4n) is 4.47. The minimum Gasteiger partial charge on any atom is -0.348 e. The third kappa shape index (κ3) is 4.33.